The molecule has 1 amide bonds. The lowest BCUT2D eigenvalue weighted by molar-refractivity contribution is -0.116. The van der Waals surface area contributed by atoms with E-state index in [0.29, 0.717) is 21.9 Å². The Kier molecular flexibility index (Phi) is 4.47. The van der Waals surface area contributed by atoms with Gasteiger partial charge in [0, 0.05) is 6.07 Å². The maximum Gasteiger partial charge on any atom is 0.251 e. The molecular formula is C19H14N6O2S. The summed E-state index contributed by atoms with van der Waals surface area (Å²) >= 11 is 1.38. The number of carbonyl (C=O) groups is 1. The minimum absolute atomic E-state index is 0.144. The summed E-state index contributed by atoms with van der Waals surface area (Å²) in [5.41, 5.74) is 2.54. The Labute approximate surface area is 163 Å². The number of thiophene rings is 1. The zero-order valence-corrected chi connectivity index (χ0v) is 15.6. The Morgan fingerprint density at radius 1 is 1.36 bits per heavy atom. The topological polar surface area (TPSA) is 116 Å². The molecule has 9 heteroatoms. The lowest BCUT2D eigenvalue weighted by atomic mass is 10.1. The van der Waals surface area contributed by atoms with Gasteiger partial charge in [-0.2, -0.15) is 10.4 Å². The molecule has 0 radical (unpaired) electrons. The molecule has 0 saturated heterocycles. The molecule has 3 heterocycles. The van der Waals surface area contributed by atoms with Gasteiger partial charge in [0.15, 0.2) is 5.82 Å². The maximum atomic E-state index is 12.7. The standard InChI is InChI=1S/C19H14N6O2S/c1-11-9-28-19(17(11)18-21-10-22-24-18)23-15(26)8-25-14-4-2-12(7-20)6-13(14)3-5-16(25)27/h2-6,9-10H,8H2,1H3,(H,23,26)(H,21,22,24). The zero-order chi connectivity index (χ0) is 19.7. The number of aryl methyl sites for hydroxylation is 1. The number of H-pyrrole nitrogens is 1. The average molecular weight is 390 g/mol. The summed E-state index contributed by atoms with van der Waals surface area (Å²) in [5.74, 6) is 0.238. The first-order valence-electron chi connectivity index (χ1n) is 8.34. The number of nitriles is 1. The Balaban J connectivity index is 1.65. The number of anilines is 1. The summed E-state index contributed by atoms with van der Waals surface area (Å²) in [5, 5.41) is 21.8. The highest BCUT2D eigenvalue weighted by atomic mass is 32.1. The molecule has 28 heavy (non-hydrogen) atoms. The highest BCUT2D eigenvalue weighted by molar-refractivity contribution is 7.15. The fourth-order valence-corrected chi connectivity index (χ4v) is 3.96. The van der Waals surface area contributed by atoms with Crippen LogP contribution in [-0.4, -0.2) is 25.7 Å². The number of pyridine rings is 1. The first-order chi connectivity index (χ1) is 13.6. The van der Waals surface area contributed by atoms with Crippen molar-refractivity contribution in [1.82, 2.24) is 19.7 Å². The molecule has 0 bridgehead atoms. The fourth-order valence-electron chi connectivity index (χ4n) is 3.00. The van der Waals surface area contributed by atoms with Crippen molar-refractivity contribution in [3.05, 3.63) is 63.5 Å². The molecular weight excluding hydrogens is 376 g/mol. The van der Waals surface area contributed by atoms with E-state index in [0.717, 1.165) is 16.5 Å². The van der Waals surface area contributed by atoms with Gasteiger partial charge in [-0.1, -0.05) is 0 Å². The number of carbonyl (C=O) groups excluding carboxylic acids is 1. The van der Waals surface area contributed by atoms with Crippen LogP contribution in [0.2, 0.25) is 0 Å². The molecule has 0 saturated carbocycles. The van der Waals surface area contributed by atoms with Crippen molar-refractivity contribution in [3.8, 4) is 17.5 Å². The molecule has 0 unspecified atom stereocenters. The van der Waals surface area contributed by atoms with Crippen LogP contribution in [0.3, 0.4) is 0 Å². The Hall–Kier alpha value is -3.77. The predicted molar refractivity (Wildman–Crippen MR) is 106 cm³/mol. The van der Waals surface area contributed by atoms with Gasteiger partial charge in [-0.05, 0) is 47.5 Å². The van der Waals surface area contributed by atoms with Crippen LogP contribution >= 0.6 is 11.3 Å². The third-order valence-electron chi connectivity index (χ3n) is 4.30. The predicted octanol–water partition coefficient (Wildman–Crippen LogP) is 2.67. The van der Waals surface area contributed by atoms with Crippen molar-refractivity contribution in [2.45, 2.75) is 13.5 Å². The first-order valence-corrected chi connectivity index (χ1v) is 9.22. The minimum atomic E-state index is -0.332. The van der Waals surface area contributed by atoms with Gasteiger partial charge in [0.25, 0.3) is 5.56 Å². The van der Waals surface area contributed by atoms with Gasteiger partial charge in [-0.3, -0.25) is 19.3 Å². The summed E-state index contributed by atoms with van der Waals surface area (Å²) in [6, 6.07) is 10.1. The van der Waals surface area contributed by atoms with E-state index in [-0.39, 0.29) is 18.0 Å². The van der Waals surface area contributed by atoms with Gasteiger partial charge in [0.05, 0.1) is 22.7 Å². The summed E-state index contributed by atoms with van der Waals surface area (Å²) in [4.78, 5) is 29.1. The number of aromatic nitrogens is 4. The van der Waals surface area contributed by atoms with Gasteiger partial charge in [0.1, 0.15) is 17.9 Å². The van der Waals surface area contributed by atoms with Crippen LogP contribution in [0.4, 0.5) is 5.00 Å². The molecule has 2 N–H and O–H groups in total. The second-order valence-corrected chi connectivity index (χ2v) is 7.03. The monoisotopic (exact) mass is 390 g/mol. The van der Waals surface area contributed by atoms with E-state index in [4.69, 9.17) is 5.26 Å². The van der Waals surface area contributed by atoms with Gasteiger partial charge < -0.3 is 5.32 Å². The molecule has 1 aromatic carbocycles. The number of nitrogens with zero attached hydrogens (tertiary/aromatic N) is 4. The quantitative estimate of drug-likeness (QED) is 0.556. The van der Waals surface area contributed by atoms with Gasteiger partial charge in [0.2, 0.25) is 5.91 Å². The smallest absolute Gasteiger partial charge is 0.251 e. The number of hydrogen-bond acceptors (Lipinski definition) is 6. The van der Waals surface area contributed by atoms with Crippen molar-refractivity contribution in [2.24, 2.45) is 0 Å². The van der Waals surface area contributed by atoms with Gasteiger partial charge in [-0.15, -0.1) is 11.3 Å². The van der Waals surface area contributed by atoms with Crippen molar-refractivity contribution in [3.63, 3.8) is 0 Å². The van der Waals surface area contributed by atoms with E-state index in [1.807, 2.05) is 12.3 Å². The number of amides is 1. The Morgan fingerprint density at radius 2 is 2.21 bits per heavy atom. The third kappa shape index (κ3) is 3.17. The summed E-state index contributed by atoms with van der Waals surface area (Å²) < 4.78 is 1.39. The second-order valence-electron chi connectivity index (χ2n) is 6.15. The minimum Gasteiger partial charge on any atom is -0.316 e. The lowest BCUT2D eigenvalue weighted by Crippen LogP contribution is -2.27. The van der Waals surface area contributed by atoms with Crippen molar-refractivity contribution in [2.75, 3.05) is 5.32 Å². The van der Waals surface area contributed by atoms with E-state index in [1.54, 1.807) is 24.3 Å². The molecule has 4 rings (SSSR count). The summed E-state index contributed by atoms with van der Waals surface area (Å²) in [7, 11) is 0. The highest BCUT2D eigenvalue weighted by Gasteiger charge is 2.17. The number of nitrogens with one attached hydrogen (secondary N) is 2. The van der Waals surface area contributed by atoms with E-state index >= 15 is 0 Å². The molecule has 0 spiro atoms. The number of benzene rings is 1. The summed E-state index contributed by atoms with van der Waals surface area (Å²) in [6.07, 6.45) is 1.41. The molecule has 0 aliphatic heterocycles. The van der Waals surface area contributed by atoms with Crippen LogP contribution in [-0.2, 0) is 11.3 Å². The normalized spacial score (nSPS) is 10.7. The zero-order valence-electron chi connectivity index (χ0n) is 14.8. The molecule has 0 aliphatic rings. The molecule has 0 atom stereocenters. The third-order valence-corrected chi connectivity index (χ3v) is 5.31. The molecule has 0 aliphatic carbocycles. The van der Waals surface area contributed by atoms with Gasteiger partial charge >= 0.3 is 0 Å². The maximum absolute atomic E-state index is 12.7. The first kappa shape index (κ1) is 17.6. The van der Waals surface area contributed by atoms with Crippen LogP contribution in [0, 0.1) is 18.3 Å². The van der Waals surface area contributed by atoms with E-state index in [9.17, 15) is 9.59 Å². The van der Waals surface area contributed by atoms with Crippen LogP contribution in [0.1, 0.15) is 11.1 Å². The van der Waals surface area contributed by atoms with Crippen molar-refractivity contribution >= 4 is 33.1 Å². The average Bonchev–Trinajstić information content (AvgIpc) is 3.33. The van der Waals surface area contributed by atoms with Crippen molar-refractivity contribution in [1.29, 1.82) is 5.26 Å². The Bertz CT molecular complexity index is 1280. The number of aromatic amines is 1. The number of fused-ring (bicyclic) bond motifs is 1. The molecule has 0 fully saturated rings. The van der Waals surface area contributed by atoms with Crippen LogP contribution in [0.25, 0.3) is 22.3 Å². The van der Waals surface area contributed by atoms with E-state index in [2.05, 4.69) is 26.6 Å². The van der Waals surface area contributed by atoms with Crippen molar-refractivity contribution < 1.29 is 4.79 Å². The van der Waals surface area contributed by atoms with Crippen LogP contribution in [0.5, 0.6) is 0 Å². The highest BCUT2D eigenvalue weighted by Crippen LogP contribution is 2.34. The van der Waals surface area contributed by atoms with Crippen LogP contribution in [0.15, 0.2) is 46.8 Å². The molecule has 3 aromatic heterocycles. The number of hydrogen-bond donors (Lipinski definition) is 2. The van der Waals surface area contributed by atoms with E-state index < -0.39 is 0 Å². The Morgan fingerprint density at radius 3 is 2.96 bits per heavy atom. The van der Waals surface area contributed by atoms with Crippen LogP contribution < -0.4 is 10.9 Å². The SMILES string of the molecule is Cc1csc(NC(=O)Cn2c(=O)ccc3cc(C#N)ccc32)c1-c1ncn[nH]1. The summed E-state index contributed by atoms with van der Waals surface area (Å²) in [6.45, 7) is 1.78. The molecule has 8 nitrogen and oxygen atoms in total. The lowest BCUT2D eigenvalue weighted by Gasteiger charge is -2.11. The van der Waals surface area contributed by atoms with E-state index in [1.165, 1.54) is 28.3 Å². The molecule has 4 aromatic rings. The van der Waals surface area contributed by atoms with Gasteiger partial charge in [-0.25, -0.2) is 4.98 Å². The second kappa shape index (κ2) is 7.09. The fraction of sp³-hybridized carbons (Fsp3) is 0.105. The number of rotatable bonds is 4. The molecule has 138 valence electrons. The largest absolute Gasteiger partial charge is 0.316 e.